The molecule has 7 heteroatoms. The summed E-state index contributed by atoms with van der Waals surface area (Å²) in [7, 11) is 0. The van der Waals surface area contributed by atoms with Gasteiger partial charge in [0.2, 0.25) is 0 Å². The van der Waals surface area contributed by atoms with E-state index in [4.69, 9.17) is 15.7 Å². The van der Waals surface area contributed by atoms with E-state index in [0.29, 0.717) is 4.60 Å². The number of hydrogen-bond donors (Lipinski definition) is 1. The first-order valence-electron chi connectivity index (χ1n) is 4.76. The molecule has 2 rings (SSSR count). The van der Waals surface area contributed by atoms with E-state index in [1.54, 1.807) is 0 Å². The van der Waals surface area contributed by atoms with Crippen molar-refractivity contribution in [3.63, 3.8) is 0 Å². The van der Waals surface area contributed by atoms with Gasteiger partial charge in [0.15, 0.2) is 11.6 Å². The number of nitrogen functional groups attached to an aromatic ring is 1. The van der Waals surface area contributed by atoms with Gasteiger partial charge in [-0.1, -0.05) is 0 Å². The molecular weight excluding hydrogens is 303 g/mol. The summed E-state index contributed by atoms with van der Waals surface area (Å²) in [5.74, 6) is -0.552. The van der Waals surface area contributed by atoms with Crippen molar-refractivity contribution in [2.45, 2.75) is 0 Å². The van der Waals surface area contributed by atoms with Crippen LogP contribution in [0, 0.1) is 17.1 Å². The number of hydrogen-bond acceptors (Lipinski definition) is 5. The quantitative estimate of drug-likeness (QED) is 0.862. The molecule has 0 saturated heterocycles. The molecule has 90 valence electrons. The van der Waals surface area contributed by atoms with Gasteiger partial charge in [0.05, 0.1) is 11.6 Å². The number of nitriles is 1. The zero-order chi connectivity index (χ0) is 13.1. The van der Waals surface area contributed by atoms with Gasteiger partial charge in [0.25, 0.3) is 0 Å². The summed E-state index contributed by atoms with van der Waals surface area (Å²) >= 11 is 3.12. The maximum atomic E-state index is 13.5. The number of anilines is 1. The Bertz CT molecular complexity index is 621. The van der Waals surface area contributed by atoms with E-state index >= 15 is 0 Å². The summed E-state index contributed by atoms with van der Waals surface area (Å²) in [6.07, 6.45) is 0. The fourth-order valence-corrected chi connectivity index (χ4v) is 1.60. The highest BCUT2D eigenvalue weighted by Gasteiger charge is 2.09. The Morgan fingerprint density at radius 2 is 2.11 bits per heavy atom. The monoisotopic (exact) mass is 308 g/mol. The van der Waals surface area contributed by atoms with Crippen LogP contribution >= 0.6 is 15.9 Å². The van der Waals surface area contributed by atoms with Crippen LogP contribution in [0.15, 0.2) is 28.9 Å². The summed E-state index contributed by atoms with van der Waals surface area (Å²) in [4.78, 5) is 7.68. The average Bonchev–Trinajstić information content (AvgIpc) is 2.30. The number of nitrogens with zero attached hydrogens (tertiary/aromatic N) is 3. The Morgan fingerprint density at radius 3 is 2.72 bits per heavy atom. The third-order valence-corrected chi connectivity index (χ3v) is 2.36. The van der Waals surface area contributed by atoms with Crippen molar-refractivity contribution < 1.29 is 9.13 Å². The number of ether oxygens (including phenoxy) is 1. The third-order valence-electron chi connectivity index (χ3n) is 1.96. The van der Waals surface area contributed by atoms with Crippen molar-refractivity contribution in [1.29, 1.82) is 5.26 Å². The van der Waals surface area contributed by atoms with Gasteiger partial charge in [-0.3, -0.25) is 0 Å². The molecule has 1 aromatic heterocycles. The molecule has 1 aromatic carbocycles. The Morgan fingerprint density at radius 1 is 1.33 bits per heavy atom. The van der Waals surface area contributed by atoms with E-state index in [0.717, 1.165) is 6.07 Å². The summed E-state index contributed by atoms with van der Waals surface area (Å²) in [5.41, 5.74) is 5.70. The average molecular weight is 309 g/mol. The van der Waals surface area contributed by atoms with Crippen LogP contribution in [0.4, 0.5) is 10.2 Å². The zero-order valence-corrected chi connectivity index (χ0v) is 10.5. The maximum Gasteiger partial charge on any atom is 0.325 e. The van der Waals surface area contributed by atoms with Gasteiger partial charge < -0.3 is 10.5 Å². The van der Waals surface area contributed by atoms with Crippen LogP contribution < -0.4 is 10.5 Å². The predicted molar refractivity (Wildman–Crippen MR) is 65.3 cm³/mol. The second kappa shape index (κ2) is 4.98. The van der Waals surface area contributed by atoms with Crippen molar-refractivity contribution >= 4 is 21.7 Å². The van der Waals surface area contributed by atoms with Crippen LogP contribution in [0.25, 0.3) is 0 Å². The van der Waals surface area contributed by atoms with Crippen LogP contribution in [0.1, 0.15) is 5.56 Å². The first-order chi connectivity index (χ1) is 8.58. The topological polar surface area (TPSA) is 84.8 Å². The van der Waals surface area contributed by atoms with Crippen LogP contribution in [-0.2, 0) is 0 Å². The van der Waals surface area contributed by atoms with E-state index in [-0.39, 0.29) is 23.1 Å². The van der Waals surface area contributed by atoms with E-state index in [2.05, 4.69) is 25.9 Å². The lowest BCUT2D eigenvalue weighted by atomic mass is 10.2. The lowest BCUT2D eigenvalue weighted by Crippen LogP contribution is -1.98. The van der Waals surface area contributed by atoms with Crippen molar-refractivity contribution in [1.82, 2.24) is 9.97 Å². The Kier molecular flexibility index (Phi) is 3.39. The standard InChI is InChI=1S/C11H6BrFN4O/c12-9-4-10(15)17-11(16-9)18-8-2-1-6(5-14)3-7(8)13/h1-4H,(H2,15,16,17). The highest BCUT2D eigenvalue weighted by Crippen LogP contribution is 2.24. The minimum Gasteiger partial charge on any atom is -0.421 e. The number of benzene rings is 1. The molecule has 5 nitrogen and oxygen atoms in total. The first kappa shape index (κ1) is 12.3. The van der Waals surface area contributed by atoms with Crippen LogP contribution in [0.2, 0.25) is 0 Å². The molecule has 0 atom stereocenters. The van der Waals surface area contributed by atoms with Crippen molar-refractivity contribution in [2.75, 3.05) is 5.73 Å². The summed E-state index contributed by atoms with van der Waals surface area (Å²) in [6, 6.07) is 7.06. The molecule has 0 aliphatic rings. The smallest absolute Gasteiger partial charge is 0.325 e. The summed E-state index contributed by atoms with van der Waals surface area (Å²) in [5, 5.41) is 8.61. The molecule has 18 heavy (non-hydrogen) atoms. The van der Waals surface area contributed by atoms with Crippen LogP contribution in [0.3, 0.4) is 0 Å². The van der Waals surface area contributed by atoms with E-state index < -0.39 is 5.82 Å². The van der Waals surface area contributed by atoms with Gasteiger partial charge in [-0.25, -0.2) is 4.39 Å². The second-order valence-corrected chi connectivity index (χ2v) is 4.07. The minimum absolute atomic E-state index is 0.0773. The highest BCUT2D eigenvalue weighted by atomic mass is 79.9. The number of halogens is 2. The molecule has 2 N–H and O–H groups in total. The molecule has 0 aliphatic carbocycles. The Hall–Kier alpha value is -2.20. The molecule has 0 spiro atoms. The maximum absolute atomic E-state index is 13.5. The molecule has 1 heterocycles. The number of aromatic nitrogens is 2. The molecule has 0 fully saturated rings. The lowest BCUT2D eigenvalue weighted by molar-refractivity contribution is 0.411. The predicted octanol–water partition coefficient (Wildman–Crippen LogP) is 2.62. The normalized spacial score (nSPS) is 9.83. The number of rotatable bonds is 2. The second-order valence-electron chi connectivity index (χ2n) is 3.26. The van der Waals surface area contributed by atoms with E-state index in [1.165, 1.54) is 18.2 Å². The van der Waals surface area contributed by atoms with Gasteiger partial charge in [-0.2, -0.15) is 15.2 Å². The Labute approximate surface area is 110 Å². The highest BCUT2D eigenvalue weighted by molar-refractivity contribution is 9.10. The molecule has 0 unspecified atom stereocenters. The first-order valence-corrected chi connectivity index (χ1v) is 5.55. The molecule has 0 radical (unpaired) electrons. The fraction of sp³-hybridized carbons (Fsp3) is 0. The summed E-state index contributed by atoms with van der Waals surface area (Å²) < 4.78 is 19.1. The molecular formula is C11H6BrFN4O. The molecule has 2 aromatic rings. The van der Waals surface area contributed by atoms with Gasteiger partial charge in [0, 0.05) is 6.07 Å². The summed E-state index contributed by atoms with van der Waals surface area (Å²) in [6.45, 7) is 0. The van der Waals surface area contributed by atoms with Gasteiger partial charge in [-0.15, -0.1) is 0 Å². The zero-order valence-electron chi connectivity index (χ0n) is 8.89. The van der Waals surface area contributed by atoms with Gasteiger partial charge >= 0.3 is 6.01 Å². The molecule has 0 amide bonds. The fourth-order valence-electron chi connectivity index (χ4n) is 1.21. The van der Waals surface area contributed by atoms with E-state index in [1.807, 2.05) is 6.07 Å². The van der Waals surface area contributed by atoms with Crippen LogP contribution in [-0.4, -0.2) is 9.97 Å². The van der Waals surface area contributed by atoms with Crippen molar-refractivity contribution in [2.24, 2.45) is 0 Å². The third kappa shape index (κ3) is 2.73. The largest absolute Gasteiger partial charge is 0.421 e. The van der Waals surface area contributed by atoms with Gasteiger partial charge in [0.1, 0.15) is 10.4 Å². The SMILES string of the molecule is N#Cc1ccc(Oc2nc(N)cc(Br)n2)c(F)c1. The molecule has 0 bridgehead atoms. The van der Waals surface area contributed by atoms with Gasteiger partial charge in [-0.05, 0) is 34.1 Å². The number of nitrogens with two attached hydrogens (primary N) is 1. The van der Waals surface area contributed by atoms with Crippen LogP contribution in [0.5, 0.6) is 11.8 Å². The molecule has 0 saturated carbocycles. The van der Waals surface area contributed by atoms with Crippen molar-refractivity contribution in [3.8, 4) is 17.8 Å². The van der Waals surface area contributed by atoms with E-state index in [9.17, 15) is 4.39 Å². The van der Waals surface area contributed by atoms with Crippen molar-refractivity contribution in [3.05, 3.63) is 40.2 Å². The Balaban J connectivity index is 2.31. The minimum atomic E-state index is -0.670. The molecule has 0 aliphatic heterocycles. The lowest BCUT2D eigenvalue weighted by Gasteiger charge is -2.05.